The van der Waals surface area contributed by atoms with Gasteiger partial charge in [-0.2, -0.15) is 0 Å². The highest BCUT2D eigenvalue weighted by Crippen LogP contribution is 2.16. The molecule has 1 fully saturated rings. The molecule has 3 heteroatoms. The van der Waals surface area contributed by atoms with Gasteiger partial charge in [0.25, 0.3) is 0 Å². The van der Waals surface area contributed by atoms with Crippen LogP contribution in [0.1, 0.15) is 46.5 Å². The topological polar surface area (TPSA) is 32.3 Å². The van der Waals surface area contributed by atoms with Gasteiger partial charge < -0.3 is 10.2 Å². The van der Waals surface area contributed by atoms with Crippen molar-refractivity contribution in [3.05, 3.63) is 0 Å². The molecule has 88 valence electrons. The molecular formula is C12H24N2O. The summed E-state index contributed by atoms with van der Waals surface area (Å²) >= 11 is 0. The number of hydrogen-bond donors (Lipinski definition) is 1. The summed E-state index contributed by atoms with van der Waals surface area (Å²) in [6.07, 6.45) is 4.69. The van der Waals surface area contributed by atoms with E-state index in [2.05, 4.69) is 24.1 Å². The summed E-state index contributed by atoms with van der Waals surface area (Å²) in [5.41, 5.74) is 0. The molecule has 0 radical (unpaired) electrons. The minimum absolute atomic E-state index is 0.107. The van der Waals surface area contributed by atoms with Crippen LogP contribution in [0, 0.1) is 0 Å². The molecule has 1 aliphatic heterocycles. The van der Waals surface area contributed by atoms with Crippen LogP contribution in [0.5, 0.6) is 0 Å². The van der Waals surface area contributed by atoms with Crippen molar-refractivity contribution in [2.75, 3.05) is 13.1 Å². The van der Waals surface area contributed by atoms with E-state index < -0.39 is 0 Å². The minimum Gasteiger partial charge on any atom is -0.354 e. The van der Waals surface area contributed by atoms with Gasteiger partial charge in [-0.3, -0.25) is 4.79 Å². The van der Waals surface area contributed by atoms with Gasteiger partial charge in [-0.25, -0.2) is 0 Å². The van der Waals surface area contributed by atoms with E-state index in [0.29, 0.717) is 6.04 Å². The van der Waals surface area contributed by atoms with Gasteiger partial charge in [-0.05, 0) is 25.7 Å². The average molecular weight is 212 g/mol. The predicted octanol–water partition coefficient (Wildman–Crippen LogP) is 1.78. The molecule has 0 aromatic heterocycles. The van der Waals surface area contributed by atoms with Gasteiger partial charge in [-0.15, -0.1) is 0 Å². The lowest BCUT2D eigenvalue weighted by Crippen LogP contribution is -2.47. The Kier molecular flexibility index (Phi) is 5.09. The van der Waals surface area contributed by atoms with E-state index in [1.54, 1.807) is 6.92 Å². The number of likely N-dealkylation sites (tertiary alicyclic amines) is 1. The minimum atomic E-state index is 0.107. The molecule has 1 heterocycles. The quantitative estimate of drug-likeness (QED) is 0.770. The van der Waals surface area contributed by atoms with Crippen LogP contribution in [0.15, 0.2) is 0 Å². The maximum atomic E-state index is 10.9. The van der Waals surface area contributed by atoms with E-state index in [9.17, 15) is 4.79 Å². The molecule has 3 nitrogen and oxygen atoms in total. The van der Waals surface area contributed by atoms with Crippen LogP contribution in [0.25, 0.3) is 0 Å². The van der Waals surface area contributed by atoms with Crippen molar-refractivity contribution in [2.45, 2.75) is 58.5 Å². The third-order valence-corrected chi connectivity index (χ3v) is 3.40. The van der Waals surface area contributed by atoms with Crippen molar-refractivity contribution in [1.29, 1.82) is 0 Å². The summed E-state index contributed by atoms with van der Waals surface area (Å²) in [5.74, 6) is 0.107. The molecule has 1 aliphatic rings. The van der Waals surface area contributed by atoms with E-state index in [4.69, 9.17) is 0 Å². The Hall–Kier alpha value is -0.570. The lowest BCUT2D eigenvalue weighted by Gasteiger charge is -2.37. The molecule has 0 aliphatic carbocycles. The van der Waals surface area contributed by atoms with Crippen molar-refractivity contribution >= 4 is 5.91 Å². The molecule has 0 aromatic carbocycles. The van der Waals surface area contributed by atoms with Gasteiger partial charge in [0.2, 0.25) is 5.91 Å². The van der Waals surface area contributed by atoms with Crippen molar-refractivity contribution in [3.63, 3.8) is 0 Å². The predicted molar refractivity (Wildman–Crippen MR) is 62.8 cm³/mol. The van der Waals surface area contributed by atoms with Crippen molar-refractivity contribution < 1.29 is 4.79 Å². The van der Waals surface area contributed by atoms with E-state index >= 15 is 0 Å². The normalized spacial score (nSPS) is 19.5. The number of hydrogen-bond acceptors (Lipinski definition) is 2. The summed E-state index contributed by atoms with van der Waals surface area (Å²) in [6.45, 7) is 8.39. The SMILES string of the molecule is CCC(CC)N1CCC(NC(C)=O)CC1. The molecule has 0 atom stereocenters. The number of carbonyl (C=O) groups excluding carboxylic acids is 1. The Balaban J connectivity index is 2.31. The Bertz CT molecular complexity index is 194. The molecule has 0 saturated carbocycles. The highest BCUT2D eigenvalue weighted by molar-refractivity contribution is 5.73. The third kappa shape index (κ3) is 3.82. The molecule has 0 aromatic rings. The zero-order chi connectivity index (χ0) is 11.3. The Morgan fingerprint density at radius 2 is 1.87 bits per heavy atom. The molecule has 0 unspecified atom stereocenters. The van der Waals surface area contributed by atoms with Crippen molar-refractivity contribution in [1.82, 2.24) is 10.2 Å². The first-order valence-corrected chi connectivity index (χ1v) is 6.18. The number of amides is 1. The zero-order valence-electron chi connectivity index (χ0n) is 10.3. The van der Waals surface area contributed by atoms with Crippen LogP contribution in [-0.2, 0) is 4.79 Å². The van der Waals surface area contributed by atoms with Crippen molar-refractivity contribution in [2.24, 2.45) is 0 Å². The molecule has 1 saturated heterocycles. The summed E-state index contributed by atoms with van der Waals surface area (Å²) < 4.78 is 0. The second-order valence-corrected chi connectivity index (χ2v) is 4.48. The molecule has 0 spiro atoms. The second-order valence-electron chi connectivity index (χ2n) is 4.48. The monoisotopic (exact) mass is 212 g/mol. The van der Waals surface area contributed by atoms with Gasteiger partial charge in [0.15, 0.2) is 0 Å². The maximum Gasteiger partial charge on any atom is 0.217 e. The van der Waals surface area contributed by atoms with Crippen LogP contribution >= 0.6 is 0 Å². The zero-order valence-corrected chi connectivity index (χ0v) is 10.3. The first kappa shape index (κ1) is 12.5. The first-order valence-electron chi connectivity index (χ1n) is 6.18. The lowest BCUT2D eigenvalue weighted by atomic mass is 10.0. The van der Waals surface area contributed by atoms with Crippen LogP contribution in [0.4, 0.5) is 0 Å². The summed E-state index contributed by atoms with van der Waals surface area (Å²) in [7, 11) is 0. The van der Waals surface area contributed by atoms with E-state index in [1.807, 2.05) is 0 Å². The van der Waals surface area contributed by atoms with Gasteiger partial charge in [0.1, 0.15) is 0 Å². The molecule has 0 bridgehead atoms. The second kappa shape index (κ2) is 6.11. The fourth-order valence-corrected chi connectivity index (χ4v) is 2.50. The first-order chi connectivity index (χ1) is 7.17. The molecule has 15 heavy (non-hydrogen) atoms. The van der Waals surface area contributed by atoms with Crippen LogP contribution < -0.4 is 5.32 Å². The number of piperidine rings is 1. The number of nitrogens with zero attached hydrogens (tertiary/aromatic N) is 1. The van der Waals surface area contributed by atoms with Crippen molar-refractivity contribution in [3.8, 4) is 0 Å². The maximum absolute atomic E-state index is 10.9. The molecule has 1 amide bonds. The van der Waals surface area contributed by atoms with Crippen LogP contribution in [0.3, 0.4) is 0 Å². The third-order valence-electron chi connectivity index (χ3n) is 3.40. The Morgan fingerprint density at radius 1 is 1.33 bits per heavy atom. The smallest absolute Gasteiger partial charge is 0.217 e. The van der Waals surface area contributed by atoms with Gasteiger partial charge >= 0.3 is 0 Å². The fraction of sp³-hybridized carbons (Fsp3) is 0.917. The molecule has 1 rings (SSSR count). The highest BCUT2D eigenvalue weighted by Gasteiger charge is 2.23. The average Bonchev–Trinajstić information content (AvgIpc) is 2.21. The van der Waals surface area contributed by atoms with Gasteiger partial charge in [-0.1, -0.05) is 13.8 Å². The highest BCUT2D eigenvalue weighted by atomic mass is 16.1. The van der Waals surface area contributed by atoms with Gasteiger partial charge in [0.05, 0.1) is 0 Å². The Morgan fingerprint density at radius 3 is 2.27 bits per heavy atom. The molecular weight excluding hydrogens is 188 g/mol. The largest absolute Gasteiger partial charge is 0.354 e. The fourth-order valence-electron chi connectivity index (χ4n) is 2.50. The van der Waals surface area contributed by atoms with E-state index in [0.717, 1.165) is 32.0 Å². The van der Waals surface area contributed by atoms with Gasteiger partial charge in [0, 0.05) is 32.1 Å². The Labute approximate surface area is 93.2 Å². The van der Waals surface area contributed by atoms with E-state index in [-0.39, 0.29) is 5.91 Å². The molecule has 1 N–H and O–H groups in total. The summed E-state index contributed by atoms with van der Waals surface area (Å²) in [4.78, 5) is 13.5. The summed E-state index contributed by atoms with van der Waals surface area (Å²) in [5, 5.41) is 3.01. The van der Waals surface area contributed by atoms with Crippen LogP contribution in [0.2, 0.25) is 0 Å². The van der Waals surface area contributed by atoms with E-state index in [1.165, 1.54) is 12.8 Å². The number of carbonyl (C=O) groups is 1. The lowest BCUT2D eigenvalue weighted by molar-refractivity contribution is -0.120. The number of nitrogens with one attached hydrogen (secondary N) is 1. The van der Waals surface area contributed by atoms with Crippen LogP contribution in [-0.4, -0.2) is 36.0 Å². The summed E-state index contributed by atoms with van der Waals surface area (Å²) in [6, 6.07) is 1.15. The number of rotatable bonds is 4. The standard InChI is InChI=1S/C12H24N2O/c1-4-12(5-2)14-8-6-11(7-9-14)13-10(3)15/h11-12H,4-9H2,1-3H3,(H,13,15).